The Labute approximate surface area is 172 Å². The fourth-order valence-electron chi connectivity index (χ4n) is 2.34. The van der Waals surface area contributed by atoms with E-state index >= 15 is 0 Å². The van der Waals surface area contributed by atoms with Gasteiger partial charge in [0.2, 0.25) is 23.6 Å². The predicted molar refractivity (Wildman–Crippen MR) is 103 cm³/mol. The first-order valence-corrected chi connectivity index (χ1v) is 9.14. The van der Waals surface area contributed by atoms with Crippen molar-refractivity contribution in [3.05, 3.63) is 0 Å². The Hall–Kier alpha value is -3.22. The van der Waals surface area contributed by atoms with Crippen LogP contribution in [0.2, 0.25) is 0 Å². The Morgan fingerprint density at radius 1 is 0.800 bits per heavy atom. The predicted octanol–water partition coefficient (Wildman–Crippen LogP) is -2.73. The highest BCUT2D eigenvalue weighted by Gasteiger charge is 2.31. The molecule has 0 aliphatic carbocycles. The molecule has 0 bridgehead atoms. The molecule has 0 aromatic heterocycles. The van der Waals surface area contributed by atoms with Crippen LogP contribution in [0.25, 0.3) is 0 Å². The van der Waals surface area contributed by atoms with Gasteiger partial charge in [-0.2, -0.15) is 0 Å². The number of nitrogens with two attached hydrogens (primary N) is 2. The molecule has 0 radical (unpaired) electrons. The first kappa shape index (κ1) is 26.8. The molecular formula is C17H29N5O8. The highest BCUT2D eigenvalue weighted by Crippen LogP contribution is 2.04. The molecule has 4 amide bonds. The third-order valence-corrected chi connectivity index (χ3v) is 3.84. The fraction of sp³-hybridized carbons (Fsp3) is 0.647. The van der Waals surface area contributed by atoms with E-state index in [9.17, 15) is 28.8 Å². The molecule has 9 N–H and O–H groups in total. The largest absolute Gasteiger partial charge is 0.481 e. The van der Waals surface area contributed by atoms with Gasteiger partial charge in [0.1, 0.15) is 18.1 Å². The van der Waals surface area contributed by atoms with Crippen LogP contribution in [0, 0.1) is 5.92 Å². The monoisotopic (exact) mass is 431 g/mol. The number of nitrogens with one attached hydrogen (secondary N) is 3. The Kier molecular flexibility index (Phi) is 11.0. The van der Waals surface area contributed by atoms with Crippen LogP contribution in [0.5, 0.6) is 0 Å². The summed E-state index contributed by atoms with van der Waals surface area (Å²) in [5.41, 5.74) is 10.8. The number of carboxylic acids is 2. The van der Waals surface area contributed by atoms with E-state index in [1.807, 2.05) is 19.2 Å². The molecule has 0 aliphatic heterocycles. The smallest absolute Gasteiger partial charge is 0.325 e. The van der Waals surface area contributed by atoms with Crippen LogP contribution in [0.1, 0.15) is 40.0 Å². The van der Waals surface area contributed by atoms with E-state index in [0.717, 1.165) is 6.92 Å². The van der Waals surface area contributed by atoms with E-state index < -0.39 is 72.6 Å². The van der Waals surface area contributed by atoms with E-state index in [-0.39, 0.29) is 5.92 Å². The molecule has 0 spiro atoms. The second-order valence-corrected chi connectivity index (χ2v) is 7.20. The number of amides is 4. The Balaban J connectivity index is 5.39. The zero-order chi connectivity index (χ0) is 23.6. The number of aliphatic carboxylic acids is 2. The van der Waals surface area contributed by atoms with E-state index in [1.54, 1.807) is 0 Å². The van der Waals surface area contributed by atoms with Crippen LogP contribution < -0.4 is 27.4 Å². The van der Waals surface area contributed by atoms with Crippen molar-refractivity contribution in [1.82, 2.24) is 16.0 Å². The second kappa shape index (κ2) is 12.4. The number of rotatable bonds is 13. The number of carbonyl (C=O) groups is 6. The molecule has 0 aromatic carbocycles. The van der Waals surface area contributed by atoms with Crippen molar-refractivity contribution >= 4 is 35.6 Å². The summed E-state index contributed by atoms with van der Waals surface area (Å²) in [4.78, 5) is 70.0. The number of hydrogen-bond acceptors (Lipinski definition) is 7. The van der Waals surface area contributed by atoms with Crippen molar-refractivity contribution in [3.63, 3.8) is 0 Å². The van der Waals surface area contributed by atoms with Gasteiger partial charge in [-0.05, 0) is 19.3 Å². The summed E-state index contributed by atoms with van der Waals surface area (Å²) in [6, 6.07) is -5.48. The lowest BCUT2D eigenvalue weighted by Crippen LogP contribution is -2.58. The SMILES string of the molecule is CC(C)CC(N)C(=O)NC(CC(N)=O)C(=O)NC(CC(=O)O)C(=O)NC(C)C(=O)O. The second-order valence-electron chi connectivity index (χ2n) is 7.20. The minimum absolute atomic E-state index is 0.0778. The highest BCUT2D eigenvalue weighted by atomic mass is 16.4. The highest BCUT2D eigenvalue weighted by molar-refractivity contribution is 5.97. The zero-order valence-corrected chi connectivity index (χ0v) is 17.0. The van der Waals surface area contributed by atoms with Gasteiger partial charge in [-0.25, -0.2) is 0 Å². The van der Waals surface area contributed by atoms with Crippen LogP contribution in [0.15, 0.2) is 0 Å². The molecular weight excluding hydrogens is 402 g/mol. The number of primary amides is 1. The van der Waals surface area contributed by atoms with E-state index in [1.165, 1.54) is 0 Å². The Morgan fingerprint density at radius 3 is 1.70 bits per heavy atom. The number of hydrogen-bond donors (Lipinski definition) is 7. The number of carboxylic acid groups (broad SMARTS) is 2. The molecule has 13 heteroatoms. The summed E-state index contributed by atoms with van der Waals surface area (Å²) in [6.45, 7) is 4.80. The molecule has 4 atom stereocenters. The van der Waals surface area contributed by atoms with Crippen LogP contribution in [-0.2, 0) is 28.8 Å². The minimum Gasteiger partial charge on any atom is -0.481 e. The molecule has 0 aromatic rings. The molecule has 0 heterocycles. The molecule has 0 rings (SSSR count). The minimum atomic E-state index is -1.66. The zero-order valence-electron chi connectivity index (χ0n) is 17.0. The summed E-state index contributed by atoms with van der Waals surface area (Å²) < 4.78 is 0. The maximum absolute atomic E-state index is 12.5. The van der Waals surface area contributed by atoms with Crippen molar-refractivity contribution in [2.45, 2.75) is 64.2 Å². The topological polar surface area (TPSA) is 231 Å². The van der Waals surface area contributed by atoms with Crippen LogP contribution in [0.3, 0.4) is 0 Å². The summed E-state index contributed by atoms with van der Waals surface area (Å²) in [5, 5.41) is 24.2. The van der Waals surface area contributed by atoms with E-state index in [2.05, 4.69) is 10.6 Å². The van der Waals surface area contributed by atoms with Crippen LogP contribution in [0.4, 0.5) is 0 Å². The molecule has 13 nitrogen and oxygen atoms in total. The summed E-state index contributed by atoms with van der Waals surface area (Å²) in [5.74, 6) is -6.54. The third kappa shape index (κ3) is 10.4. The molecule has 0 fully saturated rings. The average molecular weight is 431 g/mol. The summed E-state index contributed by atoms with van der Waals surface area (Å²) in [6.07, 6.45) is -1.19. The van der Waals surface area contributed by atoms with Gasteiger partial charge in [-0.3, -0.25) is 28.8 Å². The molecule has 0 aliphatic rings. The summed E-state index contributed by atoms with van der Waals surface area (Å²) in [7, 11) is 0. The first-order chi connectivity index (χ1) is 13.7. The third-order valence-electron chi connectivity index (χ3n) is 3.84. The molecule has 30 heavy (non-hydrogen) atoms. The van der Waals surface area contributed by atoms with Crippen molar-refractivity contribution in [3.8, 4) is 0 Å². The van der Waals surface area contributed by atoms with Gasteiger partial charge in [0.15, 0.2) is 0 Å². The lowest BCUT2D eigenvalue weighted by atomic mass is 10.0. The first-order valence-electron chi connectivity index (χ1n) is 9.14. The molecule has 0 saturated heterocycles. The van der Waals surface area contributed by atoms with E-state index in [0.29, 0.717) is 6.42 Å². The normalized spacial score (nSPS) is 14.7. The lowest BCUT2D eigenvalue weighted by molar-refractivity contribution is -0.143. The van der Waals surface area contributed by atoms with Gasteiger partial charge < -0.3 is 37.6 Å². The maximum Gasteiger partial charge on any atom is 0.325 e. The molecule has 0 saturated carbocycles. The maximum atomic E-state index is 12.5. The van der Waals surface area contributed by atoms with Gasteiger partial charge in [0, 0.05) is 0 Å². The standard InChI is InChI=1S/C17H29N5O8/c1-7(2)4-9(18)14(26)21-10(5-12(19)23)16(28)22-11(6-13(24)25)15(27)20-8(3)17(29)30/h7-11H,4-6,18H2,1-3H3,(H2,19,23)(H,20,27)(H,21,26)(H,22,28)(H,24,25)(H,29,30). The van der Waals surface area contributed by atoms with Gasteiger partial charge >= 0.3 is 11.9 Å². The number of carbonyl (C=O) groups excluding carboxylic acids is 4. The van der Waals surface area contributed by atoms with E-state index in [4.69, 9.17) is 21.7 Å². The van der Waals surface area contributed by atoms with Crippen LogP contribution >= 0.6 is 0 Å². The van der Waals surface area contributed by atoms with Crippen molar-refractivity contribution in [1.29, 1.82) is 0 Å². The Bertz CT molecular complexity index is 681. The van der Waals surface area contributed by atoms with Crippen molar-refractivity contribution in [2.24, 2.45) is 17.4 Å². The lowest BCUT2D eigenvalue weighted by Gasteiger charge is -2.23. The average Bonchev–Trinajstić information content (AvgIpc) is 2.58. The van der Waals surface area contributed by atoms with Crippen LogP contribution in [-0.4, -0.2) is 69.9 Å². The van der Waals surface area contributed by atoms with Crippen molar-refractivity contribution < 1.29 is 39.0 Å². The van der Waals surface area contributed by atoms with Gasteiger partial charge in [-0.15, -0.1) is 0 Å². The quantitative estimate of drug-likeness (QED) is 0.160. The molecule has 4 unspecified atom stereocenters. The summed E-state index contributed by atoms with van der Waals surface area (Å²) >= 11 is 0. The van der Waals surface area contributed by atoms with Gasteiger partial charge in [-0.1, -0.05) is 13.8 Å². The fourth-order valence-corrected chi connectivity index (χ4v) is 2.34. The van der Waals surface area contributed by atoms with Crippen molar-refractivity contribution in [2.75, 3.05) is 0 Å². The molecule has 170 valence electrons. The van der Waals surface area contributed by atoms with Gasteiger partial charge in [0.05, 0.1) is 18.9 Å². The van der Waals surface area contributed by atoms with Gasteiger partial charge in [0.25, 0.3) is 0 Å². The Morgan fingerprint density at radius 2 is 1.27 bits per heavy atom.